The summed E-state index contributed by atoms with van der Waals surface area (Å²) in [5, 5.41) is 0.502. The van der Waals surface area contributed by atoms with Crippen molar-refractivity contribution < 1.29 is 4.79 Å². The molecular weight excluding hydrogens is 332 g/mol. The molecule has 0 bridgehead atoms. The number of anilines is 2. The van der Waals surface area contributed by atoms with Gasteiger partial charge in [-0.05, 0) is 70.2 Å². The minimum atomic E-state index is -0.0396. The summed E-state index contributed by atoms with van der Waals surface area (Å²) in [4.78, 5) is 17.3. The summed E-state index contributed by atoms with van der Waals surface area (Å²) in [5.41, 5.74) is 3.38. The number of carbonyl (C=O) groups is 1. The Balaban J connectivity index is 2.25. The summed E-state index contributed by atoms with van der Waals surface area (Å²) in [6.45, 7) is 12.2. The second kappa shape index (κ2) is 8.91. The molecule has 0 atom stereocenters. The van der Waals surface area contributed by atoms with E-state index in [9.17, 15) is 4.79 Å². The molecule has 0 aliphatic carbocycles. The molecule has 134 valence electrons. The van der Waals surface area contributed by atoms with Gasteiger partial charge >= 0.3 is 0 Å². The maximum absolute atomic E-state index is 12.8. The molecule has 0 saturated heterocycles. The van der Waals surface area contributed by atoms with E-state index in [1.54, 1.807) is 0 Å². The van der Waals surface area contributed by atoms with Crippen LogP contribution in [0.1, 0.15) is 43.6 Å². The topological polar surface area (TPSA) is 23.6 Å². The fourth-order valence-electron chi connectivity index (χ4n) is 3.04. The van der Waals surface area contributed by atoms with E-state index in [-0.39, 0.29) is 5.78 Å². The van der Waals surface area contributed by atoms with Gasteiger partial charge in [0.25, 0.3) is 0 Å². The van der Waals surface area contributed by atoms with E-state index in [4.69, 9.17) is 11.6 Å². The maximum atomic E-state index is 12.8. The van der Waals surface area contributed by atoms with Gasteiger partial charge in [0.1, 0.15) is 0 Å². The first-order chi connectivity index (χ1) is 12.0. The summed E-state index contributed by atoms with van der Waals surface area (Å²) in [5.74, 6) is -0.0396. The van der Waals surface area contributed by atoms with Crippen LogP contribution < -0.4 is 9.80 Å². The van der Waals surface area contributed by atoms with Gasteiger partial charge in [-0.25, -0.2) is 0 Å². The number of halogens is 1. The molecule has 0 amide bonds. The van der Waals surface area contributed by atoms with Crippen molar-refractivity contribution in [3.63, 3.8) is 0 Å². The first-order valence-electron chi connectivity index (χ1n) is 8.99. The lowest BCUT2D eigenvalue weighted by molar-refractivity contribution is 0.103. The average Bonchev–Trinajstić information content (AvgIpc) is 2.64. The van der Waals surface area contributed by atoms with Gasteiger partial charge < -0.3 is 9.80 Å². The van der Waals surface area contributed by atoms with Crippen LogP contribution in [0.25, 0.3) is 0 Å². The van der Waals surface area contributed by atoms with E-state index in [1.165, 1.54) is 0 Å². The van der Waals surface area contributed by atoms with Crippen LogP contribution in [0.4, 0.5) is 11.4 Å². The quantitative estimate of drug-likeness (QED) is 0.601. The van der Waals surface area contributed by atoms with Gasteiger partial charge in [-0.15, -0.1) is 0 Å². The Labute approximate surface area is 156 Å². The van der Waals surface area contributed by atoms with Gasteiger partial charge in [0.2, 0.25) is 0 Å². The third kappa shape index (κ3) is 4.35. The molecule has 0 aliphatic rings. The van der Waals surface area contributed by atoms with Gasteiger partial charge in [0, 0.05) is 48.7 Å². The molecule has 2 rings (SSSR count). The Morgan fingerprint density at radius 3 is 1.76 bits per heavy atom. The van der Waals surface area contributed by atoms with E-state index in [0.717, 1.165) is 37.6 Å². The van der Waals surface area contributed by atoms with Crippen LogP contribution in [-0.4, -0.2) is 32.0 Å². The van der Waals surface area contributed by atoms with Crippen molar-refractivity contribution in [1.29, 1.82) is 0 Å². The van der Waals surface area contributed by atoms with Gasteiger partial charge in [-0.3, -0.25) is 4.79 Å². The Morgan fingerprint density at radius 2 is 1.28 bits per heavy atom. The molecular formula is C21H27ClN2O. The summed E-state index contributed by atoms with van der Waals surface area (Å²) < 4.78 is 0. The standard InChI is InChI=1S/C21H27ClN2O/c1-5-23(6-2)17-11-9-16(10-12-17)21(25)19-14-13-18(15-20(19)22)24(7-3)8-4/h9-15H,5-8H2,1-4H3. The lowest BCUT2D eigenvalue weighted by Crippen LogP contribution is -2.22. The van der Waals surface area contributed by atoms with E-state index in [1.807, 2.05) is 42.5 Å². The monoisotopic (exact) mass is 358 g/mol. The van der Waals surface area contributed by atoms with Crippen molar-refractivity contribution in [3.05, 3.63) is 58.6 Å². The van der Waals surface area contributed by atoms with Crippen molar-refractivity contribution in [3.8, 4) is 0 Å². The molecule has 0 fully saturated rings. The summed E-state index contributed by atoms with van der Waals surface area (Å²) in [6, 6.07) is 13.4. The van der Waals surface area contributed by atoms with Gasteiger partial charge in [0.05, 0.1) is 5.02 Å². The first kappa shape index (κ1) is 19.3. The normalized spacial score (nSPS) is 10.6. The van der Waals surface area contributed by atoms with Gasteiger partial charge in [0.15, 0.2) is 5.78 Å². The van der Waals surface area contributed by atoms with Crippen LogP contribution >= 0.6 is 11.6 Å². The molecule has 2 aromatic rings. The third-order valence-electron chi connectivity index (χ3n) is 4.58. The van der Waals surface area contributed by atoms with Crippen LogP contribution in [0.5, 0.6) is 0 Å². The molecule has 3 nitrogen and oxygen atoms in total. The molecule has 0 unspecified atom stereocenters. The van der Waals surface area contributed by atoms with Crippen LogP contribution in [0.3, 0.4) is 0 Å². The maximum Gasteiger partial charge on any atom is 0.194 e. The predicted octanol–water partition coefficient (Wildman–Crippen LogP) is 5.26. The molecule has 0 radical (unpaired) electrons. The van der Waals surface area contributed by atoms with E-state index in [0.29, 0.717) is 16.1 Å². The molecule has 0 aliphatic heterocycles. The van der Waals surface area contributed by atoms with E-state index in [2.05, 4.69) is 37.5 Å². The number of hydrogen-bond donors (Lipinski definition) is 0. The first-order valence-corrected chi connectivity index (χ1v) is 9.37. The largest absolute Gasteiger partial charge is 0.372 e. The summed E-state index contributed by atoms with van der Waals surface area (Å²) in [6.07, 6.45) is 0. The molecule has 0 saturated carbocycles. The summed E-state index contributed by atoms with van der Waals surface area (Å²) >= 11 is 6.40. The number of carbonyl (C=O) groups excluding carboxylic acids is 1. The average molecular weight is 359 g/mol. The Bertz CT molecular complexity index is 704. The second-order valence-corrected chi connectivity index (χ2v) is 6.29. The van der Waals surface area contributed by atoms with Crippen molar-refractivity contribution in [1.82, 2.24) is 0 Å². The zero-order valence-electron chi connectivity index (χ0n) is 15.6. The molecule has 4 heteroatoms. The van der Waals surface area contributed by atoms with Crippen molar-refractivity contribution in [2.75, 3.05) is 36.0 Å². The predicted molar refractivity (Wildman–Crippen MR) is 108 cm³/mol. The highest BCUT2D eigenvalue weighted by atomic mass is 35.5. The molecule has 0 spiro atoms. The number of benzene rings is 2. The zero-order valence-corrected chi connectivity index (χ0v) is 16.3. The molecule has 0 aromatic heterocycles. The van der Waals surface area contributed by atoms with Crippen LogP contribution in [-0.2, 0) is 0 Å². The minimum absolute atomic E-state index is 0.0396. The third-order valence-corrected chi connectivity index (χ3v) is 4.90. The minimum Gasteiger partial charge on any atom is -0.372 e. The number of rotatable bonds is 8. The van der Waals surface area contributed by atoms with E-state index >= 15 is 0 Å². The Hall–Kier alpha value is -2.00. The van der Waals surface area contributed by atoms with E-state index < -0.39 is 0 Å². The highest BCUT2D eigenvalue weighted by Gasteiger charge is 2.15. The van der Waals surface area contributed by atoms with Crippen LogP contribution in [0.15, 0.2) is 42.5 Å². The van der Waals surface area contributed by atoms with Gasteiger partial charge in [-0.1, -0.05) is 11.6 Å². The van der Waals surface area contributed by atoms with Crippen LogP contribution in [0.2, 0.25) is 5.02 Å². The molecule has 2 aromatic carbocycles. The SMILES string of the molecule is CCN(CC)c1ccc(C(=O)c2ccc(N(CC)CC)cc2Cl)cc1. The fraction of sp³-hybridized carbons (Fsp3) is 0.381. The number of nitrogens with zero attached hydrogens (tertiary/aromatic N) is 2. The van der Waals surface area contributed by atoms with Crippen LogP contribution in [0, 0.1) is 0 Å². The zero-order chi connectivity index (χ0) is 18.4. The summed E-state index contributed by atoms with van der Waals surface area (Å²) in [7, 11) is 0. The fourth-order valence-corrected chi connectivity index (χ4v) is 3.30. The molecule has 25 heavy (non-hydrogen) atoms. The highest BCUT2D eigenvalue weighted by Crippen LogP contribution is 2.26. The second-order valence-electron chi connectivity index (χ2n) is 5.88. The van der Waals surface area contributed by atoms with Crippen molar-refractivity contribution >= 4 is 28.8 Å². The molecule has 0 N–H and O–H groups in total. The van der Waals surface area contributed by atoms with Crippen molar-refractivity contribution in [2.45, 2.75) is 27.7 Å². The number of ketones is 1. The molecule has 0 heterocycles. The number of hydrogen-bond acceptors (Lipinski definition) is 3. The lowest BCUT2D eigenvalue weighted by atomic mass is 10.0. The lowest BCUT2D eigenvalue weighted by Gasteiger charge is -2.22. The van der Waals surface area contributed by atoms with Gasteiger partial charge in [-0.2, -0.15) is 0 Å². The Kier molecular flexibility index (Phi) is 6.89. The Morgan fingerprint density at radius 1 is 0.800 bits per heavy atom. The highest BCUT2D eigenvalue weighted by molar-refractivity contribution is 6.35. The smallest absolute Gasteiger partial charge is 0.194 e. The van der Waals surface area contributed by atoms with Crippen molar-refractivity contribution in [2.24, 2.45) is 0 Å².